The highest BCUT2D eigenvalue weighted by molar-refractivity contribution is 7.99. The molecule has 3 heteroatoms. The third-order valence-electron chi connectivity index (χ3n) is 4.71. The van der Waals surface area contributed by atoms with E-state index in [9.17, 15) is 0 Å². The van der Waals surface area contributed by atoms with Crippen LogP contribution in [0.3, 0.4) is 0 Å². The third-order valence-corrected chi connectivity index (χ3v) is 5.86. The summed E-state index contributed by atoms with van der Waals surface area (Å²) in [6, 6.07) is 1.53. The van der Waals surface area contributed by atoms with Gasteiger partial charge in [0.25, 0.3) is 0 Å². The molecular weight excluding hydrogens is 240 g/mol. The summed E-state index contributed by atoms with van der Waals surface area (Å²) in [5.41, 5.74) is 0.275. The SMILES string of the molecule is CSC1CCCC1N1CC(C)(C)NCC1C(C)C. The van der Waals surface area contributed by atoms with Gasteiger partial charge in [0.15, 0.2) is 0 Å². The highest BCUT2D eigenvalue weighted by atomic mass is 32.2. The van der Waals surface area contributed by atoms with Crippen LogP contribution in [-0.2, 0) is 0 Å². The van der Waals surface area contributed by atoms with Crippen LogP contribution in [0.25, 0.3) is 0 Å². The van der Waals surface area contributed by atoms with E-state index in [-0.39, 0.29) is 5.54 Å². The van der Waals surface area contributed by atoms with E-state index in [4.69, 9.17) is 0 Å². The molecule has 3 atom stereocenters. The van der Waals surface area contributed by atoms with E-state index in [0.717, 1.165) is 29.8 Å². The van der Waals surface area contributed by atoms with Gasteiger partial charge in [0, 0.05) is 36.0 Å². The molecule has 1 N–H and O–H groups in total. The molecule has 0 bridgehead atoms. The Balaban J connectivity index is 2.14. The highest BCUT2D eigenvalue weighted by Crippen LogP contribution is 2.36. The van der Waals surface area contributed by atoms with Crippen molar-refractivity contribution in [1.29, 1.82) is 0 Å². The summed E-state index contributed by atoms with van der Waals surface area (Å²) in [5.74, 6) is 0.747. The fourth-order valence-corrected chi connectivity index (χ4v) is 4.68. The van der Waals surface area contributed by atoms with Gasteiger partial charge in [-0.1, -0.05) is 20.3 Å². The predicted octanol–water partition coefficient (Wildman–Crippen LogP) is 2.98. The fraction of sp³-hybridized carbons (Fsp3) is 1.00. The van der Waals surface area contributed by atoms with Gasteiger partial charge in [-0.25, -0.2) is 0 Å². The maximum atomic E-state index is 3.73. The molecule has 0 aromatic rings. The minimum Gasteiger partial charge on any atom is -0.309 e. The Labute approximate surface area is 117 Å². The van der Waals surface area contributed by atoms with Crippen LogP contribution in [0.2, 0.25) is 0 Å². The molecule has 2 rings (SSSR count). The van der Waals surface area contributed by atoms with E-state index >= 15 is 0 Å². The molecule has 0 radical (unpaired) electrons. The van der Waals surface area contributed by atoms with Crippen LogP contribution >= 0.6 is 11.8 Å². The normalized spacial score (nSPS) is 37.3. The molecule has 1 saturated carbocycles. The third kappa shape index (κ3) is 3.05. The number of thioether (sulfide) groups is 1. The minimum absolute atomic E-state index is 0.275. The summed E-state index contributed by atoms with van der Waals surface area (Å²) in [6.07, 6.45) is 6.54. The molecule has 1 heterocycles. The Kier molecular flexibility index (Phi) is 4.66. The number of nitrogens with zero attached hydrogens (tertiary/aromatic N) is 1. The summed E-state index contributed by atoms with van der Waals surface area (Å²) >= 11 is 2.09. The fourth-order valence-electron chi connectivity index (χ4n) is 3.67. The molecule has 2 nitrogen and oxygen atoms in total. The summed E-state index contributed by atoms with van der Waals surface area (Å²) in [5, 5.41) is 4.59. The second-order valence-electron chi connectivity index (χ2n) is 7.02. The second-order valence-corrected chi connectivity index (χ2v) is 8.10. The minimum atomic E-state index is 0.275. The van der Waals surface area contributed by atoms with E-state index in [0.29, 0.717) is 0 Å². The lowest BCUT2D eigenvalue weighted by atomic mass is 9.91. The van der Waals surface area contributed by atoms with Gasteiger partial charge in [-0.05, 0) is 38.9 Å². The van der Waals surface area contributed by atoms with Gasteiger partial charge < -0.3 is 5.32 Å². The molecule has 0 amide bonds. The van der Waals surface area contributed by atoms with Gasteiger partial charge in [-0.15, -0.1) is 0 Å². The van der Waals surface area contributed by atoms with Gasteiger partial charge in [-0.3, -0.25) is 4.90 Å². The summed E-state index contributed by atoms with van der Waals surface area (Å²) in [6.45, 7) is 11.8. The van der Waals surface area contributed by atoms with Crippen LogP contribution < -0.4 is 5.32 Å². The topological polar surface area (TPSA) is 15.3 Å². The smallest absolute Gasteiger partial charge is 0.0253 e. The molecule has 0 spiro atoms. The monoisotopic (exact) mass is 270 g/mol. The van der Waals surface area contributed by atoms with E-state index in [1.165, 1.54) is 25.8 Å². The molecule has 0 aromatic carbocycles. The quantitative estimate of drug-likeness (QED) is 0.849. The Morgan fingerprint density at radius 2 is 2.00 bits per heavy atom. The summed E-state index contributed by atoms with van der Waals surface area (Å²) < 4.78 is 0. The van der Waals surface area contributed by atoms with Crippen molar-refractivity contribution in [2.24, 2.45) is 5.92 Å². The van der Waals surface area contributed by atoms with Crippen molar-refractivity contribution in [1.82, 2.24) is 10.2 Å². The number of nitrogens with one attached hydrogen (secondary N) is 1. The number of rotatable bonds is 3. The van der Waals surface area contributed by atoms with Crippen molar-refractivity contribution in [3.05, 3.63) is 0 Å². The van der Waals surface area contributed by atoms with Crippen LogP contribution in [-0.4, -0.2) is 47.1 Å². The lowest BCUT2D eigenvalue weighted by Gasteiger charge is -2.50. The van der Waals surface area contributed by atoms with E-state index < -0.39 is 0 Å². The first-order valence-electron chi connectivity index (χ1n) is 7.48. The van der Waals surface area contributed by atoms with E-state index in [2.05, 4.69) is 55.9 Å². The lowest BCUT2D eigenvalue weighted by molar-refractivity contribution is 0.0355. The zero-order valence-electron chi connectivity index (χ0n) is 12.7. The second kappa shape index (κ2) is 5.72. The molecule has 2 aliphatic rings. The zero-order chi connectivity index (χ0) is 13.3. The average Bonchev–Trinajstić information content (AvgIpc) is 2.75. The van der Waals surface area contributed by atoms with Crippen molar-refractivity contribution in [2.45, 2.75) is 69.8 Å². The van der Waals surface area contributed by atoms with E-state index in [1.807, 2.05) is 0 Å². The Morgan fingerprint density at radius 3 is 2.61 bits per heavy atom. The van der Waals surface area contributed by atoms with Gasteiger partial charge in [0.2, 0.25) is 0 Å². The van der Waals surface area contributed by atoms with Crippen molar-refractivity contribution in [3.63, 3.8) is 0 Å². The predicted molar refractivity (Wildman–Crippen MR) is 82.4 cm³/mol. The highest BCUT2D eigenvalue weighted by Gasteiger charge is 2.41. The number of hydrogen-bond donors (Lipinski definition) is 1. The van der Waals surface area contributed by atoms with Crippen molar-refractivity contribution in [3.8, 4) is 0 Å². The number of piperazine rings is 1. The van der Waals surface area contributed by atoms with E-state index in [1.54, 1.807) is 0 Å². The maximum absolute atomic E-state index is 3.73. The molecule has 3 unspecified atom stereocenters. The average molecular weight is 270 g/mol. The number of hydrogen-bond acceptors (Lipinski definition) is 3. The maximum Gasteiger partial charge on any atom is 0.0253 e. The van der Waals surface area contributed by atoms with Crippen LogP contribution in [0, 0.1) is 5.92 Å². The Hall–Kier alpha value is 0.270. The molecule has 0 aromatic heterocycles. The molecule has 2 fully saturated rings. The molecule has 1 aliphatic carbocycles. The zero-order valence-corrected chi connectivity index (χ0v) is 13.5. The van der Waals surface area contributed by atoms with Crippen LogP contribution in [0.15, 0.2) is 0 Å². The van der Waals surface area contributed by atoms with Gasteiger partial charge >= 0.3 is 0 Å². The first-order chi connectivity index (χ1) is 8.44. The summed E-state index contributed by atoms with van der Waals surface area (Å²) in [7, 11) is 0. The van der Waals surface area contributed by atoms with Crippen molar-refractivity contribution < 1.29 is 0 Å². The molecule has 1 saturated heterocycles. The standard InChI is InChI=1S/C15H30N2S/c1-11(2)13-9-16-15(3,4)10-17(13)12-7-6-8-14(12)18-5/h11-14,16H,6-10H2,1-5H3. The van der Waals surface area contributed by atoms with Crippen molar-refractivity contribution >= 4 is 11.8 Å². The van der Waals surface area contributed by atoms with Gasteiger partial charge in [0.05, 0.1) is 0 Å². The van der Waals surface area contributed by atoms with Crippen LogP contribution in [0.1, 0.15) is 47.0 Å². The van der Waals surface area contributed by atoms with Crippen molar-refractivity contribution in [2.75, 3.05) is 19.3 Å². The Bertz CT molecular complexity index is 278. The van der Waals surface area contributed by atoms with Gasteiger partial charge in [0.1, 0.15) is 0 Å². The molecular formula is C15H30N2S. The molecule has 1 aliphatic heterocycles. The van der Waals surface area contributed by atoms with Crippen LogP contribution in [0.5, 0.6) is 0 Å². The van der Waals surface area contributed by atoms with Crippen LogP contribution in [0.4, 0.5) is 0 Å². The lowest BCUT2D eigenvalue weighted by Crippen LogP contribution is -2.65. The Morgan fingerprint density at radius 1 is 1.28 bits per heavy atom. The first kappa shape index (κ1) is 14.7. The van der Waals surface area contributed by atoms with Gasteiger partial charge in [-0.2, -0.15) is 11.8 Å². The first-order valence-corrected chi connectivity index (χ1v) is 8.77. The molecule has 106 valence electrons. The largest absolute Gasteiger partial charge is 0.309 e. The molecule has 18 heavy (non-hydrogen) atoms. The summed E-state index contributed by atoms with van der Waals surface area (Å²) in [4.78, 5) is 2.84.